The molecular formula is C15H22ClN3O2. The van der Waals surface area contributed by atoms with Crippen molar-refractivity contribution in [2.75, 3.05) is 51.2 Å². The Morgan fingerprint density at radius 3 is 2.67 bits per heavy atom. The SMILES string of the molecule is O=C(CN1CCCN(CCO)CC1)Nc1ccccc1Cl. The van der Waals surface area contributed by atoms with Gasteiger partial charge in [-0.15, -0.1) is 0 Å². The zero-order valence-corrected chi connectivity index (χ0v) is 12.9. The number of halogens is 1. The summed E-state index contributed by atoms with van der Waals surface area (Å²) in [5, 5.41) is 12.4. The Morgan fingerprint density at radius 2 is 1.90 bits per heavy atom. The Bertz CT molecular complexity index is 470. The number of carbonyl (C=O) groups excluding carboxylic acids is 1. The van der Waals surface area contributed by atoms with E-state index >= 15 is 0 Å². The van der Waals surface area contributed by atoms with Crippen molar-refractivity contribution in [3.63, 3.8) is 0 Å². The first-order chi connectivity index (χ1) is 10.2. The summed E-state index contributed by atoms with van der Waals surface area (Å²) in [6, 6.07) is 7.24. The Hall–Kier alpha value is -1.14. The van der Waals surface area contributed by atoms with Crippen LogP contribution in [0.3, 0.4) is 0 Å². The molecule has 1 fully saturated rings. The molecule has 0 atom stereocenters. The summed E-state index contributed by atoms with van der Waals surface area (Å²) >= 11 is 6.03. The molecule has 2 rings (SSSR count). The van der Waals surface area contributed by atoms with Crippen LogP contribution in [0.15, 0.2) is 24.3 Å². The fourth-order valence-electron chi connectivity index (χ4n) is 2.50. The Labute approximate surface area is 130 Å². The molecule has 1 aliphatic heterocycles. The van der Waals surface area contributed by atoms with Crippen LogP contribution in [-0.4, -0.2) is 66.7 Å². The standard InChI is InChI=1S/C15H22ClN3O2/c16-13-4-1-2-5-14(13)17-15(21)12-19-7-3-6-18(8-9-19)10-11-20/h1-2,4-5,20H,3,6-12H2,(H,17,21). The number of benzene rings is 1. The highest BCUT2D eigenvalue weighted by Gasteiger charge is 2.17. The molecule has 0 saturated carbocycles. The molecule has 1 heterocycles. The average Bonchev–Trinajstić information content (AvgIpc) is 2.67. The minimum Gasteiger partial charge on any atom is -0.395 e. The van der Waals surface area contributed by atoms with Crippen molar-refractivity contribution in [1.82, 2.24) is 9.80 Å². The number of hydrogen-bond donors (Lipinski definition) is 2. The number of rotatable bonds is 5. The third kappa shape index (κ3) is 5.28. The molecule has 116 valence electrons. The first-order valence-electron chi connectivity index (χ1n) is 7.29. The second-order valence-corrected chi connectivity index (χ2v) is 5.63. The molecule has 1 saturated heterocycles. The van der Waals surface area contributed by atoms with Gasteiger partial charge in [0.25, 0.3) is 0 Å². The number of aliphatic hydroxyl groups excluding tert-OH is 1. The van der Waals surface area contributed by atoms with Crippen molar-refractivity contribution >= 4 is 23.2 Å². The van der Waals surface area contributed by atoms with E-state index in [2.05, 4.69) is 15.1 Å². The highest BCUT2D eigenvalue weighted by atomic mass is 35.5. The van der Waals surface area contributed by atoms with Gasteiger partial charge in [0, 0.05) is 19.6 Å². The molecule has 0 unspecified atom stereocenters. The molecule has 0 aliphatic carbocycles. The highest BCUT2D eigenvalue weighted by Crippen LogP contribution is 2.20. The van der Waals surface area contributed by atoms with Gasteiger partial charge in [0.15, 0.2) is 0 Å². The van der Waals surface area contributed by atoms with E-state index in [4.69, 9.17) is 16.7 Å². The van der Waals surface area contributed by atoms with Gasteiger partial charge in [-0.3, -0.25) is 14.6 Å². The predicted molar refractivity (Wildman–Crippen MR) is 84.7 cm³/mol. The van der Waals surface area contributed by atoms with Crippen molar-refractivity contribution < 1.29 is 9.90 Å². The predicted octanol–water partition coefficient (Wildman–Crippen LogP) is 1.28. The lowest BCUT2D eigenvalue weighted by Gasteiger charge is -2.20. The molecule has 1 amide bonds. The molecule has 1 aromatic carbocycles. The first-order valence-corrected chi connectivity index (χ1v) is 7.67. The Kier molecular flexibility index (Phi) is 6.45. The van der Waals surface area contributed by atoms with E-state index in [9.17, 15) is 4.79 Å². The van der Waals surface area contributed by atoms with Gasteiger partial charge < -0.3 is 10.4 Å². The molecule has 5 nitrogen and oxygen atoms in total. The van der Waals surface area contributed by atoms with Crippen molar-refractivity contribution in [2.24, 2.45) is 0 Å². The van der Waals surface area contributed by atoms with E-state index < -0.39 is 0 Å². The molecule has 1 aromatic rings. The van der Waals surface area contributed by atoms with Gasteiger partial charge in [-0.25, -0.2) is 0 Å². The summed E-state index contributed by atoms with van der Waals surface area (Å²) in [5.74, 6) is -0.0429. The van der Waals surface area contributed by atoms with Gasteiger partial charge in [-0.05, 0) is 31.6 Å². The third-order valence-electron chi connectivity index (χ3n) is 3.61. The van der Waals surface area contributed by atoms with E-state index in [1.54, 1.807) is 12.1 Å². The molecule has 0 bridgehead atoms. The lowest BCUT2D eigenvalue weighted by atomic mass is 10.3. The van der Waals surface area contributed by atoms with Crippen molar-refractivity contribution in [3.8, 4) is 0 Å². The van der Waals surface area contributed by atoms with Gasteiger partial charge in [0.05, 0.1) is 23.9 Å². The number of β-amino-alcohol motifs (C(OH)–C–C–N with tert-alkyl or cyclic N) is 1. The van der Waals surface area contributed by atoms with Crippen LogP contribution in [0.25, 0.3) is 0 Å². The number of hydrogen-bond acceptors (Lipinski definition) is 4. The van der Waals surface area contributed by atoms with Crippen LogP contribution in [0.4, 0.5) is 5.69 Å². The van der Waals surface area contributed by atoms with Crippen LogP contribution in [0.5, 0.6) is 0 Å². The van der Waals surface area contributed by atoms with Crippen LogP contribution in [-0.2, 0) is 4.79 Å². The van der Waals surface area contributed by atoms with Gasteiger partial charge in [0.2, 0.25) is 5.91 Å². The molecule has 0 spiro atoms. The lowest BCUT2D eigenvalue weighted by Crippen LogP contribution is -2.36. The largest absolute Gasteiger partial charge is 0.395 e. The summed E-state index contributed by atoms with van der Waals surface area (Å²) < 4.78 is 0. The maximum atomic E-state index is 12.1. The van der Waals surface area contributed by atoms with E-state index in [0.29, 0.717) is 23.8 Å². The number of anilines is 1. The second kappa shape index (κ2) is 8.34. The van der Waals surface area contributed by atoms with Crippen LogP contribution in [0, 0.1) is 0 Å². The van der Waals surface area contributed by atoms with E-state index in [1.807, 2.05) is 12.1 Å². The van der Waals surface area contributed by atoms with Gasteiger partial charge in [-0.2, -0.15) is 0 Å². The van der Waals surface area contributed by atoms with Crippen molar-refractivity contribution in [1.29, 1.82) is 0 Å². The van der Waals surface area contributed by atoms with E-state index in [0.717, 1.165) is 32.6 Å². The molecule has 1 aliphatic rings. The fourth-order valence-corrected chi connectivity index (χ4v) is 2.69. The number of amides is 1. The molecule has 21 heavy (non-hydrogen) atoms. The molecule has 6 heteroatoms. The number of carbonyl (C=O) groups is 1. The average molecular weight is 312 g/mol. The highest BCUT2D eigenvalue weighted by molar-refractivity contribution is 6.33. The number of aliphatic hydroxyl groups is 1. The molecule has 0 aromatic heterocycles. The number of nitrogens with one attached hydrogen (secondary N) is 1. The topological polar surface area (TPSA) is 55.8 Å². The monoisotopic (exact) mass is 311 g/mol. The smallest absolute Gasteiger partial charge is 0.238 e. The maximum Gasteiger partial charge on any atom is 0.238 e. The minimum absolute atomic E-state index is 0.0429. The van der Waals surface area contributed by atoms with Crippen molar-refractivity contribution in [3.05, 3.63) is 29.3 Å². The third-order valence-corrected chi connectivity index (χ3v) is 3.94. The normalized spacial score (nSPS) is 17.4. The van der Waals surface area contributed by atoms with Crippen molar-refractivity contribution in [2.45, 2.75) is 6.42 Å². The molecular weight excluding hydrogens is 290 g/mol. The minimum atomic E-state index is -0.0429. The first kappa shape index (κ1) is 16.2. The lowest BCUT2D eigenvalue weighted by molar-refractivity contribution is -0.117. The van der Waals surface area contributed by atoms with Crippen LogP contribution in [0.1, 0.15) is 6.42 Å². The van der Waals surface area contributed by atoms with Crippen LogP contribution in [0.2, 0.25) is 5.02 Å². The summed E-state index contributed by atoms with van der Waals surface area (Å²) in [5.41, 5.74) is 0.654. The Balaban J connectivity index is 1.81. The zero-order valence-electron chi connectivity index (χ0n) is 12.1. The maximum absolute atomic E-state index is 12.1. The number of para-hydroxylation sites is 1. The van der Waals surface area contributed by atoms with Crippen LogP contribution < -0.4 is 5.32 Å². The Morgan fingerprint density at radius 1 is 1.19 bits per heavy atom. The summed E-state index contributed by atoms with van der Waals surface area (Å²) in [6.45, 7) is 4.88. The zero-order chi connectivity index (χ0) is 15.1. The fraction of sp³-hybridized carbons (Fsp3) is 0.533. The summed E-state index contributed by atoms with van der Waals surface area (Å²) in [6.07, 6.45) is 1.01. The number of nitrogens with zero attached hydrogens (tertiary/aromatic N) is 2. The molecule has 2 N–H and O–H groups in total. The van der Waals surface area contributed by atoms with Gasteiger partial charge >= 0.3 is 0 Å². The quantitative estimate of drug-likeness (QED) is 0.860. The van der Waals surface area contributed by atoms with Gasteiger partial charge in [0.1, 0.15) is 0 Å². The van der Waals surface area contributed by atoms with Gasteiger partial charge in [-0.1, -0.05) is 23.7 Å². The van der Waals surface area contributed by atoms with E-state index in [1.165, 1.54) is 0 Å². The molecule has 0 radical (unpaired) electrons. The van der Waals surface area contributed by atoms with Crippen LogP contribution >= 0.6 is 11.6 Å². The van der Waals surface area contributed by atoms with E-state index in [-0.39, 0.29) is 12.5 Å². The summed E-state index contributed by atoms with van der Waals surface area (Å²) in [7, 11) is 0. The second-order valence-electron chi connectivity index (χ2n) is 5.22. The summed E-state index contributed by atoms with van der Waals surface area (Å²) in [4.78, 5) is 16.5.